The molecule has 10 heteroatoms. The minimum absolute atomic E-state index is 0.0336. The van der Waals surface area contributed by atoms with E-state index in [0.717, 1.165) is 46.6 Å². The summed E-state index contributed by atoms with van der Waals surface area (Å²) in [6.07, 6.45) is 7.68. The van der Waals surface area contributed by atoms with Crippen LogP contribution < -0.4 is 27.0 Å². The normalized spacial score (nSPS) is 14.8. The molecule has 7 N–H and O–H groups in total. The highest BCUT2D eigenvalue weighted by Crippen LogP contribution is 2.34. The Morgan fingerprint density at radius 2 is 1.95 bits per heavy atom. The van der Waals surface area contributed by atoms with Crippen LogP contribution in [0.15, 0.2) is 41.7 Å². The van der Waals surface area contributed by atoms with Gasteiger partial charge < -0.3 is 32.0 Å². The SMILES string of the molecule is CCNC(=O)c1c(C)[nH]c(/C=C2\C(=O)Nc3ccc(C)cc32)c1C.NC1=C(NC(=O)CNC=O)C=CCC1. The molecule has 0 radical (unpaired) electrons. The number of H-pyrrole nitrogens is 1. The number of nitrogens with two attached hydrogens (primary N) is 1. The maximum atomic E-state index is 12.3. The lowest BCUT2D eigenvalue weighted by atomic mass is 10.0. The lowest BCUT2D eigenvalue weighted by Crippen LogP contribution is -2.33. The third kappa shape index (κ3) is 6.58. The third-order valence-electron chi connectivity index (χ3n) is 6.12. The number of hydrogen-bond acceptors (Lipinski definition) is 5. The average Bonchev–Trinajstić information content (AvgIpc) is 3.34. The summed E-state index contributed by atoms with van der Waals surface area (Å²) in [7, 11) is 0. The summed E-state index contributed by atoms with van der Waals surface area (Å²) < 4.78 is 0. The van der Waals surface area contributed by atoms with Crippen molar-refractivity contribution < 1.29 is 19.2 Å². The molecule has 4 amide bonds. The Morgan fingerprint density at radius 3 is 2.63 bits per heavy atom. The summed E-state index contributed by atoms with van der Waals surface area (Å²) in [5, 5.41) is 10.6. The van der Waals surface area contributed by atoms with Crippen LogP contribution in [0.2, 0.25) is 0 Å². The van der Waals surface area contributed by atoms with E-state index in [1.54, 1.807) is 6.08 Å². The molecule has 1 aliphatic carbocycles. The van der Waals surface area contributed by atoms with E-state index >= 15 is 0 Å². The van der Waals surface area contributed by atoms with Crippen molar-refractivity contribution in [3.05, 3.63) is 75.4 Å². The van der Waals surface area contributed by atoms with Crippen LogP contribution in [-0.4, -0.2) is 42.2 Å². The van der Waals surface area contributed by atoms with Crippen molar-refractivity contribution in [2.45, 2.75) is 40.5 Å². The fourth-order valence-corrected chi connectivity index (χ4v) is 4.23. The highest BCUT2D eigenvalue weighted by Gasteiger charge is 2.25. The molecule has 0 spiro atoms. The first-order valence-corrected chi connectivity index (χ1v) is 12.4. The second-order valence-electron chi connectivity index (χ2n) is 9.01. The number of benzene rings is 1. The molecule has 0 atom stereocenters. The molecule has 0 bridgehead atoms. The molecule has 1 aromatic heterocycles. The van der Waals surface area contributed by atoms with E-state index in [-0.39, 0.29) is 24.3 Å². The second-order valence-corrected chi connectivity index (χ2v) is 9.01. The Balaban J connectivity index is 0.000000244. The Morgan fingerprint density at radius 1 is 1.18 bits per heavy atom. The number of aromatic amines is 1. The lowest BCUT2D eigenvalue weighted by Gasteiger charge is -2.12. The van der Waals surface area contributed by atoms with Gasteiger partial charge >= 0.3 is 0 Å². The van der Waals surface area contributed by atoms with Gasteiger partial charge in [-0.3, -0.25) is 19.2 Å². The van der Waals surface area contributed by atoms with Gasteiger partial charge in [0.15, 0.2) is 0 Å². The first-order chi connectivity index (χ1) is 18.2. The number of anilines is 1. The molecule has 38 heavy (non-hydrogen) atoms. The minimum Gasteiger partial charge on any atom is -0.400 e. The van der Waals surface area contributed by atoms with E-state index in [2.05, 4.69) is 26.3 Å². The molecule has 1 aliphatic heterocycles. The van der Waals surface area contributed by atoms with E-state index in [1.807, 2.05) is 58.0 Å². The maximum Gasteiger partial charge on any atom is 0.256 e. The first kappa shape index (κ1) is 28.0. The predicted octanol–water partition coefficient (Wildman–Crippen LogP) is 2.55. The molecule has 0 saturated carbocycles. The van der Waals surface area contributed by atoms with Crippen LogP contribution in [-0.2, 0) is 14.4 Å². The van der Waals surface area contributed by atoms with E-state index in [0.29, 0.717) is 35.5 Å². The summed E-state index contributed by atoms with van der Waals surface area (Å²) in [5.74, 6) is -0.496. The van der Waals surface area contributed by atoms with Gasteiger partial charge in [-0.2, -0.15) is 0 Å². The van der Waals surface area contributed by atoms with E-state index in [4.69, 9.17) is 5.73 Å². The highest BCUT2D eigenvalue weighted by molar-refractivity contribution is 6.35. The Bertz CT molecular complexity index is 1350. The number of carbonyl (C=O) groups excluding carboxylic acids is 4. The van der Waals surface area contributed by atoms with Crippen molar-refractivity contribution in [2.24, 2.45) is 5.73 Å². The van der Waals surface area contributed by atoms with Crippen molar-refractivity contribution in [3.63, 3.8) is 0 Å². The topological polar surface area (TPSA) is 158 Å². The van der Waals surface area contributed by atoms with Crippen LogP contribution in [0.5, 0.6) is 0 Å². The number of amides is 4. The smallest absolute Gasteiger partial charge is 0.256 e. The number of carbonyl (C=O) groups is 4. The predicted molar refractivity (Wildman–Crippen MR) is 148 cm³/mol. The van der Waals surface area contributed by atoms with Crippen LogP contribution >= 0.6 is 0 Å². The summed E-state index contributed by atoms with van der Waals surface area (Å²) >= 11 is 0. The zero-order chi connectivity index (χ0) is 27.8. The van der Waals surface area contributed by atoms with Gasteiger partial charge in [-0.05, 0) is 70.4 Å². The van der Waals surface area contributed by atoms with Gasteiger partial charge in [-0.1, -0.05) is 17.7 Å². The minimum atomic E-state index is -0.276. The quantitative estimate of drug-likeness (QED) is 0.245. The van der Waals surface area contributed by atoms with Gasteiger partial charge in [0.1, 0.15) is 0 Å². The van der Waals surface area contributed by atoms with Gasteiger partial charge in [0, 0.05) is 34.9 Å². The van der Waals surface area contributed by atoms with Crippen LogP contribution in [0, 0.1) is 20.8 Å². The summed E-state index contributed by atoms with van der Waals surface area (Å²) in [6, 6.07) is 5.88. The van der Waals surface area contributed by atoms with Crippen molar-refractivity contribution in [3.8, 4) is 0 Å². The van der Waals surface area contributed by atoms with Crippen molar-refractivity contribution in [2.75, 3.05) is 18.4 Å². The number of fused-ring (bicyclic) bond motifs is 1. The fraction of sp³-hybridized carbons (Fsp3) is 0.286. The molecule has 0 saturated heterocycles. The summed E-state index contributed by atoms with van der Waals surface area (Å²) in [6.45, 7) is 8.19. The molecule has 0 fully saturated rings. The van der Waals surface area contributed by atoms with Crippen molar-refractivity contribution >= 4 is 41.5 Å². The van der Waals surface area contributed by atoms with Crippen LogP contribution in [0.1, 0.15) is 58.2 Å². The number of aromatic nitrogens is 1. The first-order valence-electron chi connectivity index (χ1n) is 12.4. The monoisotopic (exact) mass is 518 g/mol. The number of aryl methyl sites for hydroxylation is 2. The molecule has 2 aromatic rings. The highest BCUT2D eigenvalue weighted by atomic mass is 16.2. The van der Waals surface area contributed by atoms with Gasteiger partial charge in [-0.25, -0.2) is 0 Å². The largest absolute Gasteiger partial charge is 0.400 e. The molecule has 0 unspecified atom stereocenters. The standard InChI is InChI=1S/C19H21N3O2.C9H13N3O2/c1-5-20-19(24)17-11(3)16(21-12(17)4)9-14-13-8-10(2)6-7-15(13)22-18(14)23;10-7-3-1-2-4-8(7)12-9(14)5-11-6-13/h6-9,21H,5H2,1-4H3,(H,20,24)(H,22,23);2,4,6H,1,3,5,10H2,(H,11,13)(H,12,14)/b14-9-;. The van der Waals surface area contributed by atoms with Crippen molar-refractivity contribution in [1.29, 1.82) is 0 Å². The molecule has 1 aromatic carbocycles. The Hall–Kier alpha value is -4.60. The van der Waals surface area contributed by atoms with Crippen molar-refractivity contribution in [1.82, 2.24) is 20.9 Å². The molecule has 2 aliphatic rings. The van der Waals surface area contributed by atoms with E-state index in [9.17, 15) is 19.2 Å². The zero-order valence-electron chi connectivity index (χ0n) is 22.1. The molecular formula is C28H34N6O4. The molecule has 4 rings (SSSR count). The van der Waals surface area contributed by atoms with Gasteiger partial charge in [-0.15, -0.1) is 0 Å². The number of hydrogen-bond donors (Lipinski definition) is 6. The van der Waals surface area contributed by atoms with Crippen LogP contribution in [0.25, 0.3) is 11.6 Å². The molecule has 200 valence electrons. The van der Waals surface area contributed by atoms with Gasteiger partial charge in [0.05, 0.1) is 23.4 Å². The summed E-state index contributed by atoms with van der Waals surface area (Å²) in [5.41, 5.74) is 13.5. The Labute approximate surface area is 221 Å². The fourth-order valence-electron chi connectivity index (χ4n) is 4.23. The molecular weight excluding hydrogens is 484 g/mol. The average molecular weight is 519 g/mol. The van der Waals surface area contributed by atoms with Gasteiger partial charge in [0.2, 0.25) is 12.3 Å². The van der Waals surface area contributed by atoms with Crippen LogP contribution in [0.3, 0.4) is 0 Å². The zero-order valence-corrected chi connectivity index (χ0v) is 22.1. The lowest BCUT2D eigenvalue weighted by molar-refractivity contribution is -0.121. The van der Waals surface area contributed by atoms with Crippen LogP contribution in [0.4, 0.5) is 5.69 Å². The third-order valence-corrected chi connectivity index (χ3v) is 6.12. The number of nitrogens with one attached hydrogen (secondary N) is 5. The molecule has 10 nitrogen and oxygen atoms in total. The second kappa shape index (κ2) is 12.6. The Kier molecular flexibility index (Phi) is 9.26. The van der Waals surface area contributed by atoms with E-state index < -0.39 is 0 Å². The van der Waals surface area contributed by atoms with Gasteiger partial charge in [0.25, 0.3) is 11.8 Å². The maximum absolute atomic E-state index is 12.3. The number of allylic oxidation sites excluding steroid dienone is 3. The summed E-state index contributed by atoms with van der Waals surface area (Å²) in [4.78, 5) is 48.8. The number of rotatable bonds is 7. The van der Waals surface area contributed by atoms with E-state index in [1.165, 1.54) is 0 Å². The molecule has 2 heterocycles.